The van der Waals surface area contributed by atoms with Crippen LogP contribution in [0.25, 0.3) is 0 Å². The first-order chi connectivity index (χ1) is 8.45. The van der Waals surface area contributed by atoms with E-state index in [0.717, 1.165) is 13.1 Å². The summed E-state index contributed by atoms with van der Waals surface area (Å²) in [5.74, 6) is 0.542. The number of carbonyl (C=O) groups excluding carboxylic acids is 1. The average molecular weight is 255 g/mol. The number of hydrogen-bond donors (Lipinski definition) is 1. The van der Waals surface area contributed by atoms with Crippen molar-refractivity contribution in [3.8, 4) is 0 Å². The summed E-state index contributed by atoms with van der Waals surface area (Å²) in [7, 11) is 1.90. The van der Waals surface area contributed by atoms with Crippen LogP contribution in [-0.4, -0.2) is 54.5 Å². The zero-order valence-electron chi connectivity index (χ0n) is 12.4. The van der Waals surface area contributed by atoms with Crippen LogP contribution in [0.2, 0.25) is 0 Å². The summed E-state index contributed by atoms with van der Waals surface area (Å²) >= 11 is 0. The summed E-state index contributed by atoms with van der Waals surface area (Å²) in [6.07, 6.45) is 2.93. The minimum atomic E-state index is -0.0224. The van der Waals surface area contributed by atoms with Crippen molar-refractivity contribution in [2.75, 3.05) is 26.7 Å². The van der Waals surface area contributed by atoms with Crippen LogP contribution >= 0.6 is 0 Å². The van der Waals surface area contributed by atoms with Crippen molar-refractivity contribution in [3.05, 3.63) is 0 Å². The molecule has 0 radical (unpaired) electrons. The Labute approximate surface area is 111 Å². The van der Waals surface area contributed by atoms with Crippen LogP contribution in [0.5, 0.6) is 0 Å². The molecule has 1 amide bonds. The van der Waals surface area contributed by atoms with Gasteiger partial charge in [-0.05, 0) is 31.8 Å². The molecule has 2 unspecified atom stereocenters. The molecular weight excluding hydrogens is 226 g/mol. The summed E-state index contributed by atoms with van der Waals surface area (Å²) < 4.78 is 0. The average Bonchev–Trinajstić information content (AvgIpc) is 2.75. The molecule has 106 valence electrons. The van der Waals surface area contributed by atoms with E-state index in [0.29, 0.717) is 18.4 Å². The summed E-state index contributed by atoms with van der Waals surface area (Å²) in [5, 5.41) is 0. The van der Waals surface area contributed by atoms with E-state index < -0.39 is 0 Å². The van der Waals surface area contributed by atoms with Gasteiger partial charge in [-0.3, -0.25) is 9.69 Å². The van der Waals surface area contributed by atoms with Gasteiger partial charge in [0.05, 0.1) is 0 Å². The molecule has 1 aliphatic rings. The predicted molar refractivity (Wildman–Crippen MR) is 75.3 cm³/mol. The smallest absolute Gasteiger partial charge is 0.223 e. The summed E-state index contributed by atoms with van der Waals surface area (Å²) in [4.78, 5) is 16.4. The molecule has 0 aliphatic carbocycles. The molecule has 1 heterocycles. The fourth-order valence-corrected chi connectivity index (χ4v) is 2.53. The predicted octanol–water partition coefficient (Wildman–Crippen LogP) is 1.30. The Balaban J connectivity index is 2.39. The van der Waals surface area contributed by atoms with Gasteiger partial charge in [-0.15, -0.1) is 0 Å². The van der Waals surface area contributed by atoms with E-state index in [4.69, 9.17) is 5.73 Å². The van der Waals surface area contributed by atoms with Crippen molar-refractivity contribution in [3.63, 3.8) is 0 Å². The highest BCUT2D eigenvalue weighted by molar-refractivity contribution is 5.76. The van der Waals surface area contributed by atoms with E-state index >= 15 is 0 Å². The van der Waals surface area contributed by atoms with Crippen LogP contribution in [0, 0.1) is 5.92 Å². The molecule has 4 nitrogen and oxygen atoms in total. The molecule has 1 rings (SSSR count). The minimum Gasteiger partial charge on any atom is -0.344 e. The third-order valence-electron chi connectivity index (χ3n) is 4.08. The second kappa shape index (κ2) is 7.10. The van der Waals surface area contributed by atoms with Crippen molar-refractivity contribution < 1.29 is 4.79 Å². The summed E-state index contributed by atoms with van der Waals surface area (Å²) in [6, 6.07) is 0.519. The molecule has 0 bridgehead atoms. The summed E-state index contributed by atoms with van der Waals surface area (Å²) in [5.41, 5.74) is 5.96. The van der Waals surface area contributed by atoms with Gasteiger partial charge in [0.1, 0.15) is 0 Å². The SMILES string of the molecule is CCN1CCCC1CN(C)C(=O)CC(N)C(C)C. The largest absolute Gasteiger partial charge is 0.344 e. The number of carbonyl (C=O) groups is 1. The lowest BCUT2D eigenvalue weighted by molar-refractivity contribution is -0.131. The van der Waals surface area contributed by atoms with Gasteiger partial charge in [-0.2, -0.15) is 0 Å². The third kappa shape index (κ3) is 4.25. The van der Waals surface area contributed by atoms with Crippen molar-refractivity contribution in [2.24, 2.45) is 11.7 Å². The first kappa shape index (κ1) is 15.4. The maximum absolute atomic E-state index is 12.1. The molecule has 1 saturated heterocycles. The van der Waals surface area contributed by atoms with E-state index in [-0.39, 0.29) is 11.9 Å². The molecule has 1 aliphatic heterocycles. The molecule has 18 heavy (non-hydrogen) atoms. The fourth-order valence-electron chi connectivity index (χ4n) is 2.53. The molecule has 0 aromatic rings. The van der Waals surface area contributed by atoms with E-state index in [2.05, 4.69) is 25.7 Å². The number of nitrogens with zero attached hydrogens (tertiary/aromatic N) is 2. The lowest BCUT2D eigenvalue weighted by Crippen LogP contribution is -2.43. The van der Waals surface area contributed by atoms with Crippen molar-refractivity contribution >= 4 is 5.91 Å². The molecule has 0 spiro atoms. The molecule has 4 heteroatoms. The normalized spacial score (nSPS) is 22.4. The Morgan fingerprint density at radius 1 is 1.50 bits per heavy atom. The zero-order chi connectivity index (χ0) is 13.7. The Kier molecular flexibility index (Phi) is 6.09. The van der Waals surface area contributed by atoms with E-state index in [1.807, 2.05) is 11.9 Å². The second-order valence-corrected chi connectivity index (χ2v) is 5.81. The Morgan fingerprint density at radius 3 is 2.72 bits per heavy atom. The first-order valence-corrected chi connectivity index (χ1v) is 7.19. The van der Waals surface area contributed by atoms with Gasteiger partial charge in [-0.25, -0.2) is 0 Å². The van der Waals surface area contributed by atoms with Crippen molar-refractivity contribution in [1.29, 1.82) is 0 Å². The maximum Gasteiger partial charge on any atom is 0.223 e. The Hall–Kier alpha value is -0.610. The van der Waals surface area contributed by atoms with E-state index in [1.165, 1.54) is 19.4 Å². The van der Waals surface area contributed by atoms with Gasteiger partial charge in [0.15, 0.2) is 0 Å². The van der Waals surface area contributed by atoms with Crippen LogP contribution < -0.4 is 5.73 Å². The minimum absolute atomic E-state index is 0.0224. The lowest BCUT2D eigenvalue weighted by atomic mass is 10.0. The molecule has 2 atom stereocenters. The Morgan fingerprint density at radius 2 is 2.17 bits per heavy atom. The number of rotatable bonds is 6. The van der Waals surface area contributed by atoms with Gasteiger partial charge >= 0.3 is 0 Å². The fraction of sp³-hybridized carbons (Fsp3) is 0.929. The Bertz CT molecular complexity index is 268. The number of amides is 1. The molecule has 0 aromatic carbocycles. The summed E-state index contributed by atoms with van der Waals surface area (Å²) in [6.45, 7) is 9.42. The zero-order valence-corrected chi connectivity index (χ0v) is 12.4. The number of hydrogen-bond acceptors (Lipinski definition) is 3. The molecule has 1 fully saturated rings. The van der Waals surface area contributed by atoms with Crippen LogP contribution in [-0.2, 0) is 4.79 Å². The first-order valence-electron chi connectivity index (χ1n) is 7.19. The second-order valence-electron chi connectivity index (χ2n) is 5.81. The van der Waals surface area contributed by atoms with Crippen LogP contribution in [0.3, 0.4) is 0 Å². The molecule has 0 aromatic heterocycles. The van der Waals surface area contributed by atoms with Crippen LogP contribution in [0.4, 0.5) is 0 Å². The monoisotopic (exact) mass is 255 g/mol. The van der Waals surface area contributed by atoms with Crippen LogP contribution in [0.1, 0.15) is 40.0 Å². The van der Waals surface area contributed by atoms with Gasteiger partial charge in [0, 0.05) is 32.1 Å². The molecule has 0 saturated carbocycles. The topological polar surface area (TPSA) is 49.6 Å². The highest BCUT2D eigenvalue weighted by Gasteiger charge is 2.26. The third-order valence-corrected chi connectivity index (χ3v) is 4.08. The highest BCUT2D eigenvalue weighted by Crippen LogP contribution is 2.17. The lowest BCUT2D eigenvalue weighted by Gasteiger charge is -2.28. The molecule has 2 N–H and O–H groups in total. The van der Waals surface area contributed by atoms with Crippen molar-refractivity contribution in [1.82, 2.24) is 9.80 Å². The standard InChI is InChI=1S/C14H29N3O/c1-5-17-8-6-7-12(17)10-16(4)14(18)9-13(15)11(2)3/h11-13H,5-10,15H2,1-4H3. The van der Waals surface area contributed by atoms with Crippen LogP contribution in [0.15, 0.2) is 0 Å². The number of likely N-dealkylation sites (N-methyl/N-ethyl adjacent to an activating group) is 2. The van der Waals surface area contributed by atoms with Crippen molar-refractivity contribution in [2.45, 2.75) is 52.1 Å². The van der Waals surface area contributed by atoms with Gasteiger partial charge in [-0.1, -0.05) is 20.8 Å². The maximum atomic E-state index is 12.1. The number of nitrogens with two attached hydrogens (primary N) is 1. The van der Waals surface area contributed by atoms with Gasteiger partial charge in [0.25, 0.3) is 0 Å². The number of likely N-dealkylation sites (tertiary alicyclic amines) is 1. The quantitative estimate of drug-likeness (QED) is 0.778. The molecular formula is C14H29N3O. The van der Waals surface area contributed by atoms with E-state index in [9.17, 15) is 4.79 Å². The van der Waals surface area contributed by atoms with E-state index in [1.54, 1.807) is 0 Å². The van der Waals surface area contributed by atoms with Gasteiger partial charge in [0.2, 0.25) is 5.91 Å². The highest BCUT2D eigenvalue weighted by atomic mass is 16.2. The van der Waals surface area contributed by atoms with Gasteiger partial charge < -0.3 is 10.6 Å².